The second kappa shape index (κ2) is 7.80. The molecule has 0 bridgehead atoms. The van der Waals surface area contributed by atoms with Gasteiger partial charge in [-0.1, -0.05) is 11.6 Å². The number of nitrogens with zero attached hydrogens (tertiary/aromatic N) is 2. The minimum absolute atomic E-state index is 0.111. The number of pyridine rings is 1. The van der Waals surface area contributed by atoms with Crippen molar-refractivity contribution < 1.29 is 8.78 Å². The lowest BCUT2D eigenvalue weighted by atomic mass is 9.72. The number of nitrogens with one attached hydrogen (secondary N) is 1. The maximum Gasteiger partial charge on any atom is 0.144 e. The van der Waals surface area contributed by atoms with Crippen LogP contribution in [0.4, 0.5) is 8.78 Å². The Morgan fingerprint density at radius 3 is 2.41 bits per heavy atom. The maximum atomic E-state index is 13.9. The molecular formula is C26H24ClF2N3. The highest BCUT2D eigenvalue weighted by Gasteiger charge is 2.41. The Labute approximate surface area is 190 Å². The molecule has 0 aliphatic heterocycles. The number of hydrogen-bond acceptors (Lipinski definition) is 2. The average molecular weight is 452 g/mol. The van der Waals surface area contributed by atoms with E-state index < -0.39 is 5.82 Å². The minimum Gasteiger partial charge on any atom is -0.342 e. The van der Waals surface area contributed by atoms with Crippen molar-refractivity contribution >= 4 is 33.5 Å². The van der Waals surface area contributed by atoms with E-state index in [-0.39, 0.29) is 10.8 Å². The smallest absolute Gasteiger partial charge is 0.144 e. The summed E-state index contributed by atoms with van der Waals surface area (Å²) in [5.74, 6) is 2.33. The van der Waals surface area contributed by atoms with E-state index in [4.69, 9.17) is 16.6 Å². The number of benzene rings is 2. The van der Waals surface area contributed by atoms with Gasteiger partial charge in [-0.05, 0) is 92.2 Å². The molecule has 1 N–H and O–H groups in total. The molecular weight excluding hydrogens is 428 g/mol. The summed E-state index contributed by atoms with van der Waals surface area (Å²) >= 11 is 5.97. The second-order valence-electron chi connectivity index (χ2n) is 9.44. The number of imidazole rings is 1. The van der Waals surface area contributed by atoms with Gasteiger partial charge in [0.05, 0.1) is 21.6 Å². The van der Waals surface area contributed by atoms with Crippen LogP contribution in [0, 0.1) is 23.5 Å². The van der Waals surface area contributed by atoms with Crippen LogP contribution in [-0.2, 0) is 0 Å². The molecule has 4 aromatic rings. The standard InChI is InChI=1S/C26H24ClF2N3/c27-20-12-23-24(13-21(20)29)32-26(31-23)25(16-5-6-16)15-3-1-14(2-4-15)18-9-10-30-22-8-7-17(28)11-19(18)22/h7-16,25H,1-6H2,(H,31,32). The number of fused-ring (bicyclic) bond motifs is 2. The molecule has 0 amide bonds. The predicted molar refractivity (Wildman–Crippen MR) is 123 cm³/mol. The quantitative estimate of drug-likeness (QED) is 0.348. The molecule has 1 atom stereocenters. The third kappa shape index (κ3) is 3.57. The molecule has 6 rings (SSSR count). The van der Waals surface area contributed by atoms with Crippen LogP contribution in [0.3, 0.4) is 0 Å². The molecule has 2 fully saturated rings. The normalized spacial score (nSPS) is 22.5. The van der Waals surface area contributed by atoms with Crippen molar-refractivity contribution in [1.29, 1.82) is 0 Å². The summed E-state index contributed by atoms with van der Waals surface area (Å²) in [6.07, 6.45) is 8.66. The maximum absolute atomic E-state index is 13.9. The van der Waals surface area contributed by atoms with E-state index in [0.717, 1.165) is 47.9 Å². The van der Waals surface area contributed by atoms with E-state index in [0.29, 0.717) is 29.2 Å². The Morgan fingerprint density at radius 2 is 1.66 bits per heavy atom. The van der Waals surface area contributed by atoms with E-state index in [2.05, 4.69) is 16.0 Å². The van der Waals surface area contributed by atoms with E-state index in [1.807, 2.05) is 6.20 Å². The molecule has 2 saturated carbocycles. The Bertz CT molecular complexity index is 1270. The third-order valence-electron chi connectivity index (χ3n) is 7.44. The fraction of sp³-hybridized carbons (Fsp3) is 0.385. The summed E-state index contributed by atoms with van der Waals surface area (Å²) in [6.45, 7) is 0. The molecule has 164 valence electrons. The molecule has 2 heterocycles. The number of halogens is 3. The first-order chi connectivity index (χ1) is 15.6. The van der Waals surface area contributed by atoms with Crippen molar-refractivity contribution in [3.8, 4) is 0 Å². The van der Waals surface area contributed by atoms with Gasteiger partial charge in [0.25, 0.3) is 0 Å². The Morgan fingerprint density at radius 1 is 0.906 bits per heavy atom. The van der Waals surface area contributed by atoms with Crippen LogP contribution in [-0.4, -0.2) is 15.0 Å². The lowest BCUT2D eigenvalue weighted by molar-refractivity contribution is 0.259. The van der Waals surface area contributed by atoms with E-state index >= 15 is 0 Å². The van der Waals surface area contributed by atoms with Crippen LogP contribution in [0.2, 0.25) is 5.02 Å². The van der Waals surface area contributed by atoms with Crippen molar-refractivity contribution in [2.24, 2.45) is 11.8 Å². The summed E-state index contributed by atoms with van der Waals surface area (Å²) in [5, 5.41) is 1.05. The van der Waals surface area contributed by atoms with Gasteiger partial charge in [-0.2, -0.15) is 0 Å². The van der Waals surface area contributed by atoms with Crippen molar-refractivity contribution in [3.63, 3.8) is 0 Å². The molecule has 0 saturated heterocycles. The number of H-pyrrole nitrogens is 1. The van der Waals surface area contributed by atoms with Gasteiger partial charge in [-0.3, -0.25) is 4.98 Å². The van der Waals surface area contributed by atoms with Crippen LogP contribution in [0.1, 0.15) is 61.7 Å². The van der Waals surface area contributed by atoms with Gasteiger partial charge in [0.1, 0.15) is 17.5 Å². The summed E-state index contributed by atoms with van der Waals surface area (Å²) in [4.78, 5) is 12.6. The average Bonchev–Trinajstić information content (AvgIpc) is 3.55. The fourth-order valence-corrected chi connectivity index (χ4v) is 5.91. The van der Waals surface area contributed by atoms with Gasteiger partial charge in [-0.25, -0.2) is 13.8 Å². The number of hydrogen-bond donors (Lipinski definition) is 1. The Balaban J connectivity index is 1.26. The molecule has 0 radical (unpaired) electrons. The van der Waals surface area contributed by atoms with Crippen molar-refractivity contribution in [3.05, 3.63) is 70.6 Å². The van der Waals surface area contributed by atoms with Gasteiger partial charge < -0.3 is 4.98 Å². The highest BCUT2D eigenvalue weighted by atomic mass is 35.5. The van der Waals surface area contributed by atoms with Crippen LogP contribution in [0.25, 0.3) is 21.9 Å². The van der Waals surface area contributed by atoms with Gasteiger partial charge in [0.15, 0.2) is 0 Å². The topological polar surface area (TPSA) is 41.6 Å². The molecule has 6 heteroatoms. The minimum atomic E-state index is -0.418. The molecule has 2 aliphatic carbocycles. The highest BCUT2D eigenvalue weighted by Crippen LogP contribution is 2.52. The first kappa shape index (κ1) is 20.1. The molecule has 3 nitrogen and oxygen atoms in total. The van der Waals surface area contributed by atoms with E-state index in [1.54, 1.807) is 18.2 Å². The summed E-state index contributed by atoms with van der Waals surface area (Å²) in [5.41, 5.74) is 3.52. The zero-order chi connectivity index (χ0) is 21.8. The fourth-order valence-electron chi connectivity index (χ4n) is 5.75. The van der Waals surface area contributed by atoms with Gasteiger partial charge in [-0.15, -0.1) is 0 Å². The number of aromatic amines is 1. The molecule has 2 aliphatic rings. The van der Waals surface area contributed by atoms with E-state index in [1.165, 1.54) is 30.5 Å². The predicted octanol–water partition coefficient (Wildman–Crippen LogP) is 7.51. The molecule has 2 aromatic heterocycles. The van der Waals surface area contributed by atoms with Crippen LogP contribution in [0.5, 0.6) is 0 Å². The lowest BCUT2D eigenvalue weighted by Crippen LogP contribution is -2.22. The second-order valence-corrected chi connectivity index (χ2v) is 9.85. The third-order valence-corrected chi connectivity index (χ3v) is 7.73. The lowest BCUT2D eigenvalue weighted by Gasteiger charge is -2.34. The summed E-state index contributed by atoms with van der Waals surface area (Å²) < 4.78 is 27.8. The highest BCUT2D eigenvalue weighted by molar-refractivity contribution is 6.31. The molecule has 1 unspecified atom stereocenters. The Kier molecular flexibility index (Phi) is 4.90. The van der Waals surface area contributed by atoms with Crippen LogP contribution >= 0.6 is 11.6 Å². The van der Waals surface area contributed by atoms with Gasteiger partial charge in [0.2, 0.25) is 0 Å². The summed E-state index contributed by atoms with van der Waals surface area (Å²) in [6, 6.07) is 9.98. The first-order valence-electron chi connectivity index (χ1n) is 11.5. The monoisotopic (exact) mass is 451 g/mol. The largest absolute Gasteiger partial charge is 0.342 e. The molecule has 32 heavy (non-hydrogen) atoms. The molecule has 0 spiro atoms. The van der Waals surface area contributed by atoms with Gasteiger partial charge in [0, 0.05) is 23.6 Å². The Hall–Kier alpha value is -2.53. The van der Waals surface area contributed by atoms with E-state index in [9.17, 15) is 8.78 Å². The number of rotatable bonds is 4. The van der Waals surface area contributed by atoms with Crippen molar-refractivity contribution in [2.45, 2.75) is 50.4 Å². The zero-order valence-electron chi connectivity index (χ0n) is 17.6. The van der Waals surface area contributed by atoms with Crippen LogP contribution in [0.15, 0.2) is 42.6 Å². The number of aromatic nitrogens is 3. The zero-order valence-corrected chi connectivity index (χ0v) is 18.4. The van der Waals surface area contributed by atoms with Gasteiger partial charge >= 0.3 is 0 Å². The van der Waals surface area contributed by atoms with Crippen molar-refractivity contribution in [2.75, 3.05) is 0 Å². The SMILES string of the molecule is Fc1ccc2nccc(C3CCC(C(c4nc5cc(Cl)c(F)cc5[nH]4)C4CC4)CC3)c2c1. The van der Waals surface area contributed by atoms with Crippen molar-refractivity contribution in [1.82, 2.24) is 15.0 Å². The first-order valence-corrected chi connectivity index (χ1v) is 11.8. The van der Waals surface area contributed by atoms with Crippen LogP contribution < -0.4 is 0 Å². The summed E-state index contributed by atoms with van der Waals surface area (Å²) in [7, 11) is 0. The molecule has 2 aromatic carbocycles.